The Hall–Kier alpha value is -2.48. The van der Waals surface area contributed by atoms with E-state index >= 15 is 0 Å². The molecule has 7 nitrogen and oxygen atoms in total. The van der Waals surface area contributed by atoms with Crippen molar-refractivity contribution < 1.29 is 19.1 Å². The van der Waals surface area contributed by atoms with Crippen molar-refractivity contribution in [3.05, 3.63) is 34.1 Å². The fourth-order valence-corrected chi connectivity index (χ4v) is 7.70. The van der Waals surface area contributed by atoms with E-state index in [1.807, 2.05) is 30.7 Å². The van der Waals surface area contributed by atoms with Crippen molar-refractivity contribution in [1.82, 2.24) is 14.9 Å². The number of carbonyl (C=O) groups is 3. The van der Waals surface area contributed by atoms with Gasteiger partial charge < -0.3 is 10.1 Å². The average Bonchev–Trinajstić information content (AvgIpc) is 3.31. The van der Waals surface area contributed by atoms with Gasteiger partial charge in [0.15, 0.2) is 11.7 Å². The molecule has 0 aliphatic heterocycles. The zero-order valence-corrected chi connectivity index (χ0v) is 20.3. The molecule has 0 unspecified atom stereocenters. The lowest BCUT2D eigenvalue weighted by Crippen LogP contribution is -2.54. The van der Waals surface area contributed by atoms with E-state index in [0.29, 0.717) is 23.3 Å². The second kappa shape index (κ2) is 8.38. The molecule has 0 atom stereocenters. The van der Waals surface area contributed by atoms with Gasteiger partial charge in [-0.15, -0.1) is 11.3 Å². The summed E-state index contributed by atoms with van der Waals surface area (Å²) in [4.78, 5) is 42.5. The van der Waals surface area contributed by atoms with Crippen LogP contribution in [0.3, 0.4) is 0 Å². The summed E-state index contributed by atoms with van der Waals surface area (Å²) < 4.78 is 7.16. The first-order chi connectivity index (χ1) is 15.7. The van der Waals surface area contributed by atoms with E-state index in [4.69, 9.17) is 4.74 Å². The molecule has 2 aromatic heterocycles. The van der Waals surface area contributed by atoms with Gasteiger partial charge in [0.25, 0.3) is 0 Å². The van der Waals surface area contributed by atoms with Crippen molar-refractivity contribution in [2.75, 3.05) is 13.2 Å². The summed E-state index contributed by atoms with van der Waals surface area (Å²) in [6.07, 6.45) is 6.64. The quantitative estimate of drug-likeness (QED) is 0.490. The molecule has 1 N–H and O–H groups in total. The van der Waals surface area contributed by atoms with Crippen molar-refractivity contribution in [1.29, 1.82) is 0 Å². The monoisotopic (exact) mass is 469 g/mol. The average molecular weight is 470 g/mol. The SMILES string of the molecule is Cc1csc(-n2c(C)cc(C(=O)COC(=O)CNC(=O)C34CC5CC(CC(C5)C3)C4)c2C)n1. The van der Waals surface area contributed by atoms with E-state index in [1.165, 1.54) is 30.6 Å². The smallest absolute Gasteiger partial charge is 0.325 e. The molecule has 8 heteroatoms. The van der Waals surface area contributed by atoms with Crippen molar-refractivity contribution in [3.63, 3.8) is 0 Å². The molecular formula is C25H31N3O4S. The summed E-state index contributed by atoms with van der Waals surface area (Å²) in [5, 5.41) is 5.59. The maximum Gasteiger partial charge on any atom is 0.325 e. The Labute approximate surface area is 197 Å². The van der Waals surface area contributed by atoms with Gasteiger partial charge in [-0.05, 0) is 83.1 Å². The van der Waals surface area contributed by atoms with Crippen LogP contribution in [0.4, 0.5) is 0 Å². The lowest BCUT2D eigenvalue weighted by Gasteiger charge is -2.55. The van der Waals surface area contributed by atoms with Crippen LogP contribution < -0.4 is 5.32 Å². The molecule has 2 heterocycles. The number of Topliss-reactive ketones (excluding diaryl/α,β-unsaturated/α-hetero) is 1. The van der Waals surface area contributed by atoms with E-state index in [1.54, 1.807) is 6.07 Å². The first kappa shape index (κ1) is 22.3. The molecule has 0 spiro atoms. The van der Waals surface area contributed by atoms with Gasteiger partial charge in [0.05, 0.1) is 5.69 Å². The third-order valence-corrected chi connectivity index (χ3v) is 8.75. The maximum absolute atomic E-state index is 13.0. The highest BCUT2D eigenvalue weighted by Gasteiger charge is 2.54. The van der Waals surface area contributed by atoms with E-state index in [-0.39, 0.29) is 30.3 Å². The minimum Gasteiger partial charge on any atom is -0.456 e. The lowest BCUT2D eigenvalue weighted by atomic mass is 9.49. The van der Waals surface area contributed by atoms with Gasteiger partial charge in [0.1, 0.15) is 6.54 Å². The molecule has 4 aliphatic rings. The lowest BCUT2D eigenvalue weighted by molar-refractivity contribution is -0.150. The molecule has 6 rings (SSSR count). The Bertz CT molecular complexity index is 1080. The Morgan fingerprint density at radius 3 is 2.33 bits per heavy atom. The molecule has 176 valence electrons. The number of hydrogen-bond acceptors (Lipinski definition) is 6. The largest absolute Gasteiger partial charge is 0.456 e. The number of aromatic nitrogens is 2. The Morgan fingerprint density at radius 2 is 1.76 bits per heavy atom. The summed E-state index contributed by atoms with van der Waals surface area (Å²) in [5.41, 5.74) is 2.83. The fraction of sp³-hybridized carbons (Fsp3) is 0.600. The van der Waals surface area contributed by atoms with Crippen LogP contribution in [0.5, 0.6) is 0 Å². The second-order valence-electron chi connectivity index (χ2n) is 10.4. The van der Waals surface area contributed by atoms with Gasteiger partial charge in [0.2, 0.25) is 11.7 Å². The molecule has 4 fully saturated rings. The van der Waals surface area contributed by atoms with E-state index in [2.05, 4.69) is 10.3 Å². The van der Waals surface area contributed by atoms with Crippen LogP contribution in [0.1, 0.15) is 66.0 Å². The maximum atomic E-state index is 13.0. The molecule has 1 amide bonds. The van der Waals surface area contributed by atoms with Crippen molar-refractivity contribution in [2.24, 2.45) is 23.2 Å². The first-order valence-electron chi connectivity index (χ1n) is 11.8. The van der Waals surface area contributed by atoms with Gasteiger partial charge >= 0.3 is 5.97 Å². The highest BCUT2D eigenvalue weighted by Crippen LogP contribution is 2.60. The predicted molar refractivity (Wildman–Crippen MR) is 125 cm³/mol. The molecule has 0 aromatic carbocycles. The van der Waals surface area contributed by atoms with Gasteiger partial charge in [0, 0.05) is 27.7 Å². The minimum atomic E-state index is -0.578. The number of esters is 1. The number of hydrogen-bond donors (Lipinski definition) is 1. The standard InChI is InChI=1S/C25H31N3O4S/c1-14-13-33-24(27-14)28-15(2)4-20(16(28)3)21(29)12-32-22(30)11-26-23(31)25-8-17-5-18(9-25)7-19(6-17)10-25/h4,13,17-19H,5-12H2,1-3H3,(H,26,31). The summed E-state index contributed by atoms with van der Waals surface area (Å²) >= 11 is 1.52. The van der Waals surface area contributed by atoms with Crippen LogP contribution in [-0.4, -0.2) is 40.4 Å². The summed E-state index contributed by atoms with van der Waals surface area (Å²) in [7, 11) is 0. The van der Waals surface area contributed by atoms with Gasteiger partial charge in [-0.25, -0.2) is 4.98 Å². The van der Waals surface area contributed by atoms with Crippen LogP contribution in [0.15, 0.2) is 11.4 Å². The number of amides is 1. The second-order valence-corrected chi connectivity index (χ2v) is 11.2. The van der Waals surface area contributed by atoms with Gasteiger partial charge in [-0.1, -0.05) is 0 Å². The van der Waals surface area contributed by atoms with E-state index in [0.717, 1.165) is 41.5 Å². The Kier molecular flexibility index (Phi) is 5.67. The zero-order chi connectivity index (χ0) is 23.3. The van der Waals surface area contributed by atoms with Gasteiger partial charge in [-0.3, -0.25) is 19.0 Å². The number of aryl methyl sites for hydroxylation is 2. The van der Waals surface area contributed by atoms with Gasteiger partial charge in [-0.2, -0.15) is 0 Å². The number of rotatable bonds is 7. The molecule has 2 aromatic rings. The number of carbonyl (C=O) groups excluding carboxylic acids is 3. The molecule has 4 saturated carbocycles. The van der Waals surface area contributed by atoms with Crippen molar-refractivity contribution in [3.8, 4) is 5.13 Å². The van der Waals surface area contributed by atoms with E-state index < -0.39 is 5.97 Å². The van der Waals surface area contributed by atoms with Crippen molar-refractivity contribution in [2.45, 2.75) is 59.3 Å². The number of nitrogens with zero attached hydrogens (tertiary/aromatic N) is 2. The molecule has 0 saturated heterocycles. The van der Waals surface area contributed by atoms with E-state index in [9.17, 15) is 14.4 Å². The third-order valence-electron chi connectivity index (χ3n) is 7.81. The summed E-state index contributed by atoms with van der Waals surface area (Å²) in [6.45, 7) is 5.19. The minimum absolute atomic E-state index is 0.00726. The van der Waals surface area contributed by atoms with Crippen LogP contribution >= 0.6 is 11.3 Å². The van der Waals surface area contributed by atoms with Crippen LogP contribution in [-0.2, 0) is 14.3 Å². The predicted octanol–water partition coefficient (Wildman–Crippen LogP) is 3.92. The highest BCUT2D eigenvalue weighted by atomic mass is 32.1. The number of ketones is 1. The van der Waals surface area contributed by atoms with Crippen LogP contribution in [0.2, 0.25) is 0 Å². The number of ether oxygens (including phenoxy) is 1. The normalized spacial score (nSPS) is 27.5. The topological polar surface area (TPSA) is 90.3 Å². The highest BCUT2D eigenvalue weighted by molar-refractivity contribution is 7.12. The van der Waals surface area contributed by atoms with Crippen LogP contribution in [0, 0.1) is 43.9 Å². The summed E-state index contributed by atoms with van der Waals surface area (Å²) in [6, 6.07) is 1.80. The molecule has 33 heavy (non-hydrogen) atoms. The Balaban J connectivity index is 1.15. The molecule has 4 bridgehead atoms. The molecule has 0 radical (unpaired) electrons. The fourth-order valence-electron chi connectivity index (χ4n) is 6.79. The number of nitrogens with one attached hydrogen (secondary N) is 1. The Morgan fingerprint density at radius 1 is 1.12 bits per heavy atom. The van der Waals surface area contributed by atoms with Crippen molar-refractivity contribution >= 4 is 29.0 Å². The third kappa shape index (κ3) is 4.14. The summed E-state index contributed by atoms with van der Waals surface area (Å²) in [5.74, 6) is 1.15. The number of thiazole rings is 1. The molecule has 4 aliphatic carbocycles. The van der Waals surface area contributed by atoms with Crippen LogP contribution in [0.25, 0.3) is 5.13 Å². The molecular weight excluding hydrogens is 438 g/mol. The first-order valence-corrected chi connectivity index (χ1v) is 12.7. The zero-order valence-electron chi connectivity index (χ0n) is 19.5.